The predicted molar refractivity (Wildman–Crippen MR) is 67.7 cm³/mol. The number of aromatic hydroxyl groups is 1. The van der Waals surface area contributed by atoms with Gasteiger partial charge in [0.25, 0.3) is 5.79 Å². The molecule has 5 N–H and O–H groups in total. The SMILES string of the molecule is O=C1O[C@H]([C@@](O)(CO)OC(=O)c2ccccc2O)C(O)=C1O. The summed E-state index contributed by atoms with van der Waals surface area (Å²) in [4.78, 5) is 23.0. The molecule has 0 amide bonds. The Balaban J connectivity index is 2.27. The van der Waals surface area contributed by atoms with Crippen molar-refractivity contribution in [3.8, 4) is 5.75 Å². The number of phenolic OH excluding ortho intramolecular Hbond substituents is 1. The average Bonchev–Trinajstić information content (AvgIpc) is 2.75. The van der Waals surface area contributed by atoms with E-state index in [1.54, 1.807) is 0 Å². The first-order chi connectivity index (χ1) is 10.3. The van der Waals surface area contributed by atoms with Gasteiger partial charge in [0.05, 0.1) is 0 Å². The van der Waals surface area contributed by atoms with Gasteiger partial charge in [-0.3, -0.25) is 0 Å². The fraction of sp³-hybridized carbons (Fsp3) is 0.231. The van der Waals surface area contributed by atoms with Crippen LogP contribution in [-0.2, 0) is 14.3 Å². The van der Waals surface area contributed by atoms with Crippen LogP contribution >= 0.6 is 0 Å². The first kappa shape index (κ1) is 15.6. The van der Waals surface area contributed by atoms with Gasteiger partial charge in [-0.1, -0.05) is 12.1 Å². The highest BCUT2D eigenvalue weighted by molar-refractivity contribution is 5.93. The topological polar surface area (TPSA) is 154 Å². The number of hydrogen-bond donors (Lipinski definition) is 5. The molecule has 118 valence electrons. The summed E-state index contributed by atoms with van der Waals surface area (Å²) in [5, 5.41) is 47.5. The number of phenols is 1. The molecule has 0 fully saturated rings. The quantitative estimate of drug-likeness (QED) is 0.365. The van der Waals surface area contributed by atoms with Crippen LogP contribution in [0.2, 0.25) is 0 Å². The molecular weight excluding hydrogens is 300 g/mol. The van der Waals surface area contributed by atoms with Gasteiger partial charge in [0.1, 0.15) is 17.9 Å². The van der Waals surface area contributed by atoms with Crippen molar-refractivity contribution in [2.24, 2.45) is 0 Å². The molecule has 0 radical (unpaired) electrons. The van der Waals surface area contributed by atoms with Crippen LogP contribution < -0.4 is 0 Å². The molecule has 0 saturated carbocycles. The maximum atomic E-state index is 11.9. The molecule has 0 aliphatic carbocycles. The number of aliphatic hydroxyl groups excluding tert-OH is 3. The molecule has 0 spiro atoms. The van der Waals surface area contributed by atoms with E-state index in [9.17, 15) is 35.1 Å². The molecule has 0 aromatic heterocycles. The van der Waals surface area contributed by atoms with Crippen molar-refractivity contribution < 1.29 is 44.6 Å². The number of hydrogen-bond acceptors (Lipinski definition) is 9. The highest BCUT2D eigenvalue weighted by atomic mass is 16.7. The lowest BCUT2D eigenvalue weighted by Gasteiger charge is -2.29. The molecule has 2 rings (SSSR count). The van der Waals surface area contributed by atoms with Crippen molar-refractivity contribution in [3.05, 3.63) is 41.3 Å². The Kier molecular flexibility index (Phi) is 3.93. The highest BCUT2D eigenvalue weighted by Crippen LogP contribution is 2.30. The van der Waals surface area contributed by atoms with Gasteiger partial charge in [0, 0.05) is 0 Å². The van der Waals surface area contributed by atoms with Crippen LogP contribution in [0.4, 0.5) is 0 Å². The molecule has 0 unspecified atom stereocenters. The molecular formula is C13H12O9. The Morgan fingerprint density at radius 3 is 2.41 bits per heavy atom. The van der Waals surface area contributed by atoms with E-state index in [1.807, 2.05) is 0 Å². The van der Waals surface area contributed by atoms with Crippen molar-refractivity contribution in [1.82, 2.24) is 0 Å². The number of esters is 2. The lowest BCUT2D eigenvalue weighted by Crippen LogP contribution is -2.50. The van der Waals surface area contributed by atoms with Crippen LogP contribution in [-0.4, -0.2) is 56.0 Å². The molecule has 22 heavy (non-hydrogen) atoms. The summed E-state index contributed by atoms with van der Waals surface area (Å²) >= 11 is 0. The number of rotatable bonds is 4. The van der Waals surface area contributed by atoms with Gasteiger partial charge >= 0.3 is 11.9 Å². The molecule has 1 aromatic rings. The summed E-state index contributed by atoms with van der Waals surface area (Å²) < 4.78 is 9.08. The van der Waals surface area contributed by atoms with Crippen LogP contribution in [0.25, 0.3) is 0 Å². The third kappa shape index (κ3) is 2.54. The Labute approximate surface area is 123 Å². The van der Waals surface area contributed by atoms with Crippen LogP contribution in [0.1, 0.15) is 10.4 Å². The van der Waals surface area contributed by atoms with Crippen molar-refractivity contribution in [2.45, 2.75) is 11.9 Å². The molecule has 1 aliphatic rings. The zero-order valence-corrected chi connectivity index (χ0v) is 11.0. The van der Waals surface area contributed by atoms with Crippen molar-refractivity contribution in [3.63, 3.8) is 0 Å². The van der Waals surface area contributed by atoms with E-state index in [4.69, 9.17) is 0 Å². The zero-order valence-electron chi connectivity index (χ0n) is 11.0. The predicted octanol–water partition coefficient (Wildman–Crippen LogP) is -0.517. The minimum Gasteiger partial charge on any atom is -0.507 e. The largest absolute Gasteiger partial charge is 0.507 e. The van der Waals surface area contributed by atoms with Gasteiger partial charge in [-0.15, -0.1) is 0 Å². The number of para-hydroxylation sites is 1. The third-order valence-electron chi connectivity index (χ3n) is 2.94. The number of cyclic esters (lactones) is 1. The zero-order chi connectivity index (χ0) is 16.5. The first-order valence-electron chi connectivity index (χ1n) is 5.98. The van der Waals surface area contributed by atoms with E-state index in [1.165, 1.54) is 24.3 Å². The van der Waals surface area contributed by atoms with E-state index in [2.05, 4.69) is 9.47 Å². The lowest BCUT2D eigenvalue weighted by molar-refractivity contribution is -0.241. The van der Waals surface area contributed by atoms with Gasteiger partial charge in [-0.05, 0) is 12.1 Å². The molecule has 0 bridgehead atoms. The summed E-state index contributed by atoms with van der Waals surface area (Å²) in [6.07, 6.45) is -2.00. The van der Waals surface area contributed by atoms with E-state index in [0.29, 0.717) is 0 Å². The number of carbonyl (C=O) groups is 2. The van der Waals surface area contributed by atoms with Crippen LogP contribution in [0.3, 0.4) is 0 Å². The highest BCUT2D eigenvalue weighted by Gasteiger charge is 2.52. The van der Waals surface area contributed by atoms with Crippen molar-refractivity contribution in [2.75, 3.05) is 6.61 Å². The van der Waals surface area contributed by atoms with Crippen LogP contribution in [0.5, 0.6) is 5.75 Å². The van der Waals surface area contributed by atoms with Gasteiger partial charge in [0.2, 0.25) is 11.9 Å². The molecule has 2 atom stereocenters. The normalized spacial score (nSPS) is 20.5. The lowest BCUT2D eigenvalue weighted by atomic mass is 10.1. The molecule has 1 aliphatic heterocycles. The van der Waals surface area contributed by atoms with Crippen molar-refractivity contribution in [1.29, 1.82) is 0 Å². The van der Waals surface area contributed by atoms with E-state index in [-0.39, 0.29) is 5.56 Å². The summed E-state index contributed by atoms with van der Waals surface area (Å²) in [7, 11) is 0. The maximum absolute atomic E-state index is 11.9. The molecule has 1 heterocycles. The van der Waals surface area contributed by atoms with E-state index >= 15 is 0 Å². The molecule has 9 nitrogen and oxygen atoms in total. The third-order valence-corrected chi connectivity index (χ3v) is 2.94. The number of benzene rings is 1. The van der Waals surface area contributed by atoms with Gasteiger partial charge in [0.15, 0.2) is 5.76 Å². The second-order valence-electron chi connectivity index (χ2n) is 4.43. The molecule has 1 aromatic carbocycles. The Bertz CT molecular complexity index is 651. The van der Waals surface area contributed by atoms with Crippen LogP contribution in [0.15, 0.2) is 35.8 Å². The Morgan fingerprint density at radius 2 is 1.91 bits per heavy atom. The second kappa shape index (κ2) is 5.54. The van der Waals surface area contributed by atoms with Crippen molar-refractivity contribution >= 4 is 11.9 Å². The summed E-state index contributed by atoms with van der Waals surface area (Å²) in [6.45, 7) is -1.25. The van der Waals surface area contributed by atoms with E-state index in [0.717, 1.165) is 0 Å². The van der Waals surface area contributed by atoms with E-state index < -0.39 is 47.7 Å². The molecule has 9 heteroatoms. The monoisotopic (exact) mass is 312 g/mol. The minimum absolute atomic E-state index is 0.327. The van der Waals surface area contributed by atoms with Crippen LogP contribution in [0, 0.1) is 0 Å². The number of ether oxygens (including phenoxy) is 2. The maximum Gasteiger partial charge on any atom is 0.378 e. The Hall–Kier alpha value is -2.78. The smallest absolute Gasteiger partial charge is 0.378 e. The summed E-state index contributed by atoms with van der Waals surface area (Å²) in [5.41, 5.74) is -0.327. The second-order valence-corrected chi connectivity index (χ2v) is 4.43. The number of carbonyl (C=O) groups excluding carboxylic acids is 2. The summed E-state index contributed by atoms with van der Waals surface area (Å²) in [6, 6.07) is 5.22. The van der Waals surface area contributed by atoms with Gasteiger partial charge in [-0.2, -0.15) is 0 Å². The fourth-order valence-electron chi connectivity index (χ4n) is 1.78. The average molecular weight is 312 g/mol. The fourth-order valence-corrected chi connectivity index (χ4v) is 1.78. The Morgan fingerprint density at radius 1 is 1.27 bits per heavy atom. The first-order valence-corrected chi connectivity index (χ1v) is 5.98. The standard InChI is InChI=1S/C13H12O9/c14-5-13(20,10-8(16)9(17)12(19)21-10)22-11(18)6-3-1-2-4-7(6)15/h1-4,10,14-17,20H,5H2/t10-,13+/m0/s1. The summed E-state index contributed by atoms with van der Waals surface area (Å²) in [5.74, 6) is -8.15. The number of aliphatic hydroxyl groups is 4. The molecule has 0 saturated heterocycles. The van der Waals surface area contributed by atoms with Gasteiger partial charge in [-0.25, -0.2) is 9.59 Å². The van der Waals surface area contributed by atoms with Gasteiger partial charge < -0.3 is 35.0 Å². The minimum atomic E-state index is -2.84.